The molecule has 0 unspecified atom stereocenters. The fraction of sp³-hybridized carbons (Fsp3) is 0.643. The van der Waals surface area contributed by atoms with Gasteiger partial charge in [-0.05, 0) is 38.2 Å². The fourth-order valence-corrected chi connectivity index (χ4v) is 1.06. The highest BCUT2D eigenvalue weighted by Crippen LogP contribution is 2.10. The van der Waals surface area contributed by atoms with Gasteiger partial charge in [-0.3, -0.25) is 4.99 Å². The van der Waals surface area contributed by atoms with Crippen molar-refractivity contribution in [2.45, 2.75) is 53.9 Å². The molecule has 0 radical (unpaired) electrons. The lowest BCUT2D eigenvalue weighted by Gasteiger charge is -2.05. The van der Waals surface area contributed by atoms with Crippen LogP contribution in [0.5, 0.6) is 0 Å². The maximum absolute atomic E-state index is 4.54. The number of allylic oxidation sites excluding steroid dienone is 2. The summed E-state index contributed by atoms with van der Waals surface area (Å²) in [6.07, 6.45) is 5.44. The van der Waals surface area contributed by atoms with Crippen LogP contribution in [-0.2, 0) is 0 Å². The van der Waals surface area contributed by atoms with Gasteiger partial charge in [-0.2, -0.15) is 0 Å². The number of hydrogen-bond acceptors (Lipinski definition) is 1. The van der Waals surface area contributed by atoms with Gasteiger partial charge in [0.15, 0.2) is 0 Å². The van der Waals surface area contributed by atoms with Gasteiger partial charge in [-0.1, -0.05) is 39.3 Å². The molecule has 0 N–H and O–H groups in total. The molecule has 1 nitrogen and oxygen atoms in total. The first-order valence-electron chi connectivity index (χ1n) is 5.88. The lowest BCUT2D eigenvalue weighted by molar-refractivity contribution is 0.765. The van der Waals surface area contributed by atoms with Crippen LogP contribution in [0.25, 0.3) is 0 Å². The van der Waals surface area contributed by atoms with Crippen LogP contribution in [0.15, 0.2) is 28.9 Å². The van der Waals surface area contributed by atoms with Crippen LogP contribution in [0.1, 0.15) is 53.9 Å². The van der Waals surface area contributed by atoms with Crippen LogP contribution >= 0.6 is 0 Å². The van der Waals surface area contributed by atoms with Gasteiger partial charge in [-0.25, -0.2) is 0 Å². The molecule has 0 bridgehead atoms. The minimum absolute atomic E-state index is 0.575. The standard InChI is InChI=1S/C14H25N/c1-7-8-9-14(12(4)5)15-10-13(6)11(2)3/h10-11H,4,7-9H2,1-3,5-6H3/b13-10+,15-14?. The number of hydrogen-bond donors (Lipinski definition) is 0. The lowest BCUT2D eigenvalue weighted by atomic mass is 10.1. The first-order chi connectivity index (χ1) is 6.99. The van der Waals surface area contributed by atoms with Gasteiger partial charge in [-0.15, -0.1) is 0 Å². The Morgan fingerprint density at radius 3 is 2.33 bits per heavy atom. The van der Waals surface area contributed by atoms with Crippen LogP contribution < -0.4 is 0 Å². The molecule has 0 aliphatic rings. The normalized spacial score (nSPS) is 13.5. The third-order valence-corrected chi connectivity index (χ3v) is 2.59. The highest BCUT2D eigenvalue weighted by atomic mass is 14.7. The Labute approximate surface area is 95.0 Å². The van der Waals surface area contributed by atoms with Gasteiger partial charge in [0, 0.05) is 11.9 Å². The topological polar surface area (TPSA) is 12.4 Å². The van der Waals surface area contributed by atoms with E-state index in [1.165, 1.54) is 18.4 Å². The first kappa shape index (κ1) is 14.2. The zero-order valence-corrected chi connectivity index (χ0v) is 10.9. The zero-order chi connectivity index (χ0) is 11.8. The van der Waals surface area contributed by atoms with Crippen LogP contribution in [-0.4, -0.2) is 5.71 Å². The third kappa shape index (κ3) is 6.27. The molecule has 0 atom stereocenters. The Balaban J connectivity index is 4.55. The molecule has 0 aromatic heterocycles. The van der Waals surface area contributed by atoms with Crippen molar-refractivity contribution in [1.82, 2.24) is 0 Å². The summed E-state index contributed by atoms with van der Waals surface area (Å²) in [5.41, 5.74) is 3.57. The van der Waals surface area contributed by atoms with Crippen LogP contribution in [0.2, 0.25) is 0 Å². The molecule has 1 heteroatoms. The zero-order valence-electron chi connectivity index (χ0n) is 10.9. The molecule has 0 aliphatic carbocycles. The molecule has 0 saturated heterocycles. The predicted octanol–water partition coefficient (Wildman–Crippen LogP) is 4.75. The molecule has 86 valence electrons. The molecule has 0 amide bonds. The Morgan fingerprint density at radius 2 is 1.93 bits per heavy atom. The number of nitrogens with zero attached hydrogens (tertiary/aromatic N) is 1. The van der Waals surface area contributed by atoms with Gasteiger partial charge in [0.05, 0.1) is 0 Å². The molecule has 0 saturated carbocycles. The summed E-state index contributed by atoms with van der Waals surface area (Å²) in [6, 6.07) is 0. The van der Waals surface area contributed by atoms with Crippen molar-refractivity contribution in [2.24, 2.45) is 10.9 Å². The largest absolute Gasteiger partial charge is 0.261 e. The number of rotatable bonds is 6. The van der Waals surface area contributed by atoms with Gasteiger partial charge >= 0.3 is 0 Å². The van der Waals surface area contributed by atoms with E-state index in [0.29, 0.717) is 5.92 Å². The van der Waals surface area contributed by atoms with Crippen molar-refractivity contribution in [3.8, 4) is 0 Å². The second-order valence-electron chi connectivity index (χ2n) is 4.49. The summed E-state index contributed by atoms with van der Waals surface area (Å²) < 4.78 is 0. The minimum atomic E-state index is 0.575. The van der Waals surface area contributed by atoms with Gasteiger partial charge in [0.2, 0.25) is 0 Å². The summed E-state index contributed by atoms with van der Waals surface area (Å²) in [7, 11) is 0. The van der Waals surface area contributed by atoms with E-state index in [2.05, 4.69) is 39.3 Å². The quantitative estimate of drug-likeness (QED) is 0.557. The highest BCUT2D eigenvalue weighted by molar-refractivity contribution is 5.99. The van der Waals surface area contributed by atoms with E-state index in [0.717, 1.165) is 17.7 Å². The minimum Gasteiger partial charge on any atom is -0.261 e. The molecule has 0 heterocycles. The van der Waals surface area contributed by atoms with E-state index < -0.39 is 0 Å². The molecule has 0 rings (SSSR count). The van der Waals surface area contributed by atoms with Gasteiger partial charge in [0.1, 0.15) is 0 Å². The van der Waals surface area contributed by atoms with E-state index in [4.69, 9.17) is 0 Å². The van der Waals surface area contributed by atoms with Crippen LogP contribution in [0, 0.1) is 5.92 Å². The molecule has 0 aliphatic heterocycles. The molecule has 0 aromatic carbocycles. The second-order valence-corrected chi connectivity index (χ2v) is 4.49. The van der Waals surface area contributed by atoms with E-state index in [9.17, 15) is 0 Å². The van der Waals surface area contributed by atoms with E-state index in [-0.39, 0.29) is 0 Å². The average Bonchev–Trinajstić information content (AvgIpc) is 2.16. The number of unbranched alkanes of at least 4 members (excludes halogenated alkanes) is 1. The Bertz CT molecular complexity index is 257. The summed E-state index contributed by atoms with van der Waals surface area (Å²) in [6.45, 7) is 14.7. The Hall–Kier alpha value is -0.850. The van der Waals surface area contributed by atoms with Gasteiger partial charge < -0.3 is 0 Å². The summed E-state index contributed by atoms with van der Waals surface area (Å²) >= 11 is 0. The SMILES string of the molecule is C=C(C)C(CCCC)=N/C=C(\C)C(C)C. The van der Waals surface area contributed by atoms with Crippen molar-refractivity contribution in [1.29, 1.82) is 0 Å². The Kier molecular flexibility index (Phi) is 7.02. The molecular formula is C14H25N. The first-order valence-corrected chi connectivity index (χ1v) is 5.88. The van der Waals surface area contributed by atoms with Crippen molar-refractivity contribution in [3.63, 3.8) is 0 Å². The third-order valence-electron chi connectivity index (χ3n) is 2.59. The number of aliphatic imine (C=N–C) groups is 1. The Morgan fingerprint density at radius 1 is 1.33 bits per heavy atom. The van der Waals surface area contributed by atoms with E-state index in [1.807, 2.05) is 13.1 Å². The van der Waals surface area contributed by atoms with E-state index in [1.54, 1.807) is 0 Å². The summed E-state index contributed by atoms with van der Waals surface area (Å²) in [4.78, 5) is 4.54. The highest BCUT2D eigenvalue weighted by Gasteiger charge is 1.99. The lowest BCUT2D eigenvalue weighted by Crippen LogP contribution is -1.99. The summed E-state index contributed by atoms with van der Waals surface area (Å²) in [5.74, 6) is 0.575. The van der Waals surface area contributed by atoms with E-state index >= 15 is 0 Å². The summed E-state index contributed by atoms with van der Waals surface area (Å²) in [5, 5.41) is 0. The second kappa shape index (κ2) is 7.44. The fourth-order valence-electron chi connectivity index (χ4n) is 1.06. The average molecular weight is 207 g/mol. The maximum atomic E-state index is 4.54. The van der Waals surface area contributed by atoms with Crippen molar-refractivity contribution < 1.29 is 0 Å². The van der Waals surface area contributed by atoms with Gasteiger partial charge in [0.25, 0.3) is 0 Å². The van der Waals surface area contributed by atoms with Crippen molar-refractivity contribution in [2.75, 3.05) is 0 Å². The van der Waals surface area contributed by atoms with Crippen LogP contribution in [0.3, 0.4) is 0 Å². The molecule has 0 aromatic rings. The monoisotopic (exact) mass is 207 g/mol. The van der Waals surface area contributed by atoms with Crippen molar-refractivity contribution in [3.05, 3.63) is 23.9 Å². The van der Waals surface area contributed by atoms with Crippen molar-refractivity contribution >= 4 is 5.71 Å². The smallest absolute Gasteiger partial charge is 0.0426 e. The maximum Gasteiger partial charge on any atom is 0.0426 e. The molecular weight excluding hydrogens is 182 g/mol. The molecule has 0 fully saturated rings. The molecule has 15 heavy (non-hydrogen) atoms. The molecule has 0 spiro atoms. The van der Waals surface area contributed by atoms with Crippen LogP contribution in [0.4, 0.5) is 0 Å². The predicted molar refractivity (Wildman–Crippen MR) is 70.4 cm³/mol.